The number of halogens is 2. The number of carbonyl (C=O) groups is 1. The number of carbonyl (C=O) groups excluding carboxylic acids is 1. The second kappa shape index (κ2) is 9.49. The van der Waals surface area contributed by atoms with Gasteiger partial charge in [-0.3, -0.25) is 4.79 Å². The van der Waals surface area contributed by atoms with Gasteiger partial charge in [-0.05, 0) is 51.9 Å². The van der Waals surface area contributed by atoms with Gasteiger partial charge in [-0.1, -0.05) is 6.58 Å². The summed E-state index contributed by atoms with van der Waals surface area (Å²) in [6.07, 6.45) is 2.68. The normalized spacial score (nSPS) is 43.4. The summed E-state index contributed by atoms with van der Waals surface area (Å²) in [5.74, 6) is -1.16. The van der Waals surface area contributed by atoms with Gasteiger partial charge in [-0.2, -0.15) is 0 Å². The monoisotopic (exact) mass is 556 g/mol. The number of aliphatic hydroxyl groups excluding tert-OH is 1. The molecule has 0 aromatic carbocycles. The second-order valence-corrected chi connectivity index (χ2v) is 11.0. The summed E-state index contributed by atoms with van der Waals surface area (Å²) in [5, 5.41) is 10.6. The molecule has 0 aromatic heterocycles. The molecule has 170 valence electrons. The number of alkyl halides is 1. The van der Waals surface area contributed by atoms with E-state index >= 15 is 0 Å². The lowest BCUT2D eigenvalue weighted by atomic mass is 9.86. The Morgan fingerprint density at radius 2 is 2.07 bits per heavy atom. The average molecular weight is 557 g/mol. The van der Waals surface area contributed by atoms with E-state index in [0.29, 0.717) is 25.7 Å². The highest BCUT2D eigenvalue weighted by molar-refractivity contribution is 14.1. The molecule has 0 aromatic rings. The molecule has 0 spiro atoms. The molecule has 4 saturated heterocycles. The predicted molar refractivity (Wildman–Crippen MR) is 118 cm³/mol. The highest BCUT2D eigenvalue weighted by Gasteiger charge is 2.59. The maximum absolute atomic E-state index is 11.7. The fourth-order valence-electron chi connectivity index (χ4n) is 5.18. The summed E-state index contributed by atoms with van der Waals surface area (Å²) in [5.41, 5.74) is 0. The molecule has 4 aliphatic rings. The molecule has 4 rings (SSSR count). The van der Waals surface area contributed by atoms with E-state index in [1.165, 1.54) is 7.11 Å². The molecule has 0 saturated carbocycles. The number of allylic oxidation sites excluding steroid dienone is 1. The van der Waals surface area contributed by atoms with E-state index < -0.39 is 18.0 Å². The van der Waals surface area contributed by atoms with Gasteiger partial charge in [0.1, 0.15) is 12.2 Å². The van der Waals surface area contributed by atoms with Crippen molar-refractivity contribution in [3.05, 3.63) is 10.2 Å². The number of rotatable bonds is 7. The zero-order valence-corrected chi connectivity index (χ0v) is 20.0. The number of aliphatic hydroxyl groups is 1. The largest absolute Gasteiger partial charge is 0.469 e. The van der Waals surface area contributed by atoms with Crippen molar-refractivity contribution in [1.82, 2.24) is 0 Å². The first-order valence-corrected chi connectivity index (χ1v) is 12.2. The standard InChI is InChI=1S/C21H30ClIO7/c1-11(23)7-12(22)5-6-21-10-14(24)19(30-21)16-9-17(29-21)20-15(28-16)4-3-13(27-20)8-18(25)26-2/h12-17,19-20,24H,1,3-10H2,2H3/t12?,13?,14-,15+,16?,17?,19?,20?,21-/m1/s1. The molecule has 4 bridgehead atoms. The van der Waals surface area contributed by atoms with Crippen molar-refractivity contribution in [1.29, 1.82) is 0 Å². The molecule has 0 amide bonds. The molecule has 0 radical (unpaired) electrons. The Balaban J connectivity index is 1.47. The van der Waals surface area contributed by atoms with E-state index in [9.17, 15) is 9.90 Å². The summed E-state index contributed by atoms with van der Waals surface area (Å²) in [6, 6.07) is 0. The van der Waals surface area contributed by atoms with Crippen molar-refractivity contribution in [2.24, 2.45) is 0 Å². The highest BCUT2D eigenvalue weighted by atomic mass is 127. The fraction of sp³-hybridized carbons (Fsp3) is 0.857. The van der Waals surface area contributed by atoms with Crippen LogP contribution in [-0.2, 0) is 28.5 Å². The minimum Gasteiger partial charge on any atom is -0.469 e. The fourth-order valence-corrected chi connectivity index (χ4v) is 6.27. The van der Waals surface area contributed by atoms with Gasteiger partial charge < -0.3 is 28.8 Å². The van der Waals surface area contributed by atoms with E-state index in [2.05, 4.69) is 29.2 Å². The number of fused-ring (bicyclic) bond motifs is 7. The van der Waals surface area contributed by atoms with Crippen LogP contribution in [-0.4, -0.2) is 72.1 Å². The smallest absolute Gasteiger partial charge is 0.308 e. The third kappa shape index (κ3) is 5.00. The van der Waals surface area contributed by atoms with E-state index in [0.717, 1.165) is 22.8 Å². The van der Waals surface area contributed by atoms with Gasteiger partial charge in [0.05, 0.1) is 44.1 Å². The summed E-state index contributed by atoms with van der Waals surface area (Å²) in [7, 11) is 1.39. The van der Waals surface area contributed by atoms with Gasteiger partial charge >= 0.3 is 5.97 Å². The third-order valence-corrected chi connectivity index (χ3v) is 7.37. The van der Waals surface area contributed by atoms with E-state index in [-0.39, 0.29) is 48.3 Å². The predicted octanol–water partition coefficient (Wildman–Crippen LogP) is 3.23. The van der Waals surface area contributed by atoms with Gasteiger partial charge in [0.25, 0.3) is 0 Å². The lowest BCUT2D eigenvalue weighted by Gasteiger charge is -2.47. The van der Waals surface area contributed by atoms with Gasteiger partial charge in [-0.15, -0.1) is 11.6 Å². The minimum absolute atomic E-state index is 0.0610. The molecule has 0 aliphatic carbocycles. The van der Waals surface area contributed by atoms with Crippen LogP contribution in [0.5, 0.6) is 0 Å². The molecule has 9 atom stereocenters. The molecule has 7 nitrogen and oxygen atoms in total. The maximum Gasteiger partial charge on any atom is 0.308 e. The van der Waals surface area contributed by atoms with E-state index in [1.54, 1.807) is 0 Å². The van der Waals surface area contributed by atoms with Crippen LogP contribution >= 0.6 is 34.2 Å². The topological polar surface area (TPSA) is 83.5 Å². The lowest BCUT2D eigenvalue weighted by Crippen LogP contribution is -2.58. The zero-order valence-electron chi connectivity index (χ0n) is 17.1. The molecule has 4 aliphatic heterocycles. The Morgan fingerprint density at radius 3 is 2.80 bits per heavy atom. The quantitative estimate of drug-likeness (QED) is 0.293. The summed E-state index contributed by atoms with van der Waals surface area (Å²) in [4.78, 5) is 11.7. The Morgan fingerprint density at radius 1 is 1.27 bits per heavy atom. The van der Waals surface area contributed by atoms with Crippen LogP contribution in [0.4, 0.5) is 0 Å². The van der Waals surface area contributed by atoms with Gasteiger partial charge in [0, 0.05) is 24.6 Å². The van der Waals surface area contributed by atoms with Crippen molar-refractivity contribution in [3.63, 3.8) is 0 Å². The molecule has 9 heteroatoms. The van der Waals surface area contributed by atoms with Gasteiger partial charge in [0.15, 0.2) is 5.79 Å². The van der Waals surface area contributed by atoms with Crippen molar-refractivity contribution in [2.45, 2.75) is 105 Å². The Kier molecular flexibility index (Phi) is 7.34. The molecular weight excluding hydrogens is 527 g/mol. The molecule has 4 fully saturated rings. The van der Waals surface area contributed by atoms with Crippen molar-refractivity contribution in [2.75, 3.05) is 7.11 Å². The van der Waals surface area contributed by atoms with Crippen molar-refractivity contribution >= 4 is 40.2 Å². The second-order valence-electron chi connectivity index (χ2n) is 8.81. The summed E-state index contributed by atoms with van der Waals surface area (Å²) in [6.45, 7) is 3.92. The van der Waals surface area contributed by atoms with Crippen LogP contribution in [0.25, 0.3) is 0 Å². The van der Waals surface area contributed by atoms with Crippen LogP contribution < -0.4 is 0 Å². The van der Waals surface area contributed by atoms with Gasteiger partial charge in [-0.25, -0.2) is 0 Å². The van der Waals surface area contributed by atoms with Crippen molar-refractivity contribution in [3.8, 4) is 0 Å². The summed E-state index contributed by atoms with van der Waals surface area (Å²) >= 11 is 8.66. The average Bonchev–Trinajstić information content (AvgIpc) is 2.95. The number of hydrogen-bond donors (Lipinski definition) is 1. The molecule has 6 unspecified atom stereocenters. The molecule has 1 N–H and O–H groups in total. The number of methoxy groups -OCH3 is 1. The Labute approximate surface area is 195 Å². The zero-order chi connectivity index (χ0) is 21.5. The first-order chi connectivity index (χ1) is 14.3. The van der Waals surface area contributed by atoms with Gasteiger partial charge in [0.2, 0.25) is 0 Å². The number of hydrogen-bond acceptors (Lipinski definition) is 7. The number of ether oxygens (including phenoxy) is 5. The van der Waals surface area contributed by atoms with Crippen LogP contribution in [0, 0.1) is 0 Å². The molecule has 30 heavy (non-hydrogen) atoms. The van der Waals surface area contributed by atoms with Crippen LogP contribution in [0.1, 0.15) is 51.4 Å². The maximum atomic E-state index is 11.7. The van der Waals surface area contributed by atoms with Crippen molar-refractivity contribution < 1.29 is 33.6 Å². The number of esters is 1. The van der Waals surface area contributed by atoms with Crippen LogP contribution in [0.15, 0.2) is 10.2 Å². The minimum atomic E-state index is -0.889. The lowest BCUT2D eigenvalue weighted by molar-refractivity contribution is -0.276. The molecular formula is C21H30ClIO7. The SMILES string of the molecule is C=C(I)CC(Cl)CC[C@]12C[C@@H](O)C(O1)C1CC(O2)C2OC(CC(=O)OC)CC[C@@H]2O1. The van der Waals surface area contributed by atoms with E-state index in [1.807, 2.05) is 0 Å². The van der Waals surface area contributed by atoms with E-state index in [4.69, 9.17) is 35.3 Å². The Hall–Kier alpha value is 0.0300. The highest BCUT2D eigenvalue weighted by Crippen LogP contribution is 2.48. The van der Waals surface area contributed by atoms with Crippen LogP contribution in [0.3, 0.4) is 0 Å². The Bertz CT molecular complexity index is 663. The first kappa shape index (κ1) is 23.2. The summed E-state index contributed by atoms with van der Waals surface area (Å²) < 4.78 is 31.2. The third-order valence-electron chi connectivity index (χ3n) is 6.56. The molecule has 4 heterocycles. The van der Waals surface area contributed by atoms with Crippen LogP contribution in [0.2, 0.25) is 0 Å². The first-order valence-electron chi connectivity index (χ1n) is 10.7.